The zero-order chi connectivity index (χ0) is 11.7. The van der Waals surface area contributed by atoms with Crippen molar-refractivity contribution in [2.45, 2.75) is 19.1 Å². The van der Waals surface area contributed by atoms with Crippen LogP contribution in [0.15, 0.2) is 36.4 Å². The molecule has 17 heavy (non-hydrogen) atoms. The van der Waals surface area contributed by atoms with Crippen molar-refractivity contribution in [2.75, 3.05) is 0 Å². The largest absolute Gasteiger partial charge is 0.507 e. The maximum Gasteiger partial charge on any atom is 0.123 e. The minimum atomic E-state index is -0.618. The predicted molar refractivity (Wildman–Crippen MR) is 71.5 cm³/mol. The lowest BCUT2D eigenvalue weighted by Crippen LogP contribution is -2.23. The molecule has 0 amide bonds. The third-order valence-corrected chi connectivity index (χ3v) is 2.81. The van der Waals surface area contributed by atoms with E-state index in [0.29, 0.717) is 0 Å². The molecule has 2 rings (SSSR count). The lowest BCUT2D eigenvalue weighted by atomic mass is 9.96. The van der Waals surface area contributed by atoms with Crippen LogP contribution in [0.25, 0.3) is 10.8 Å². The zero-order valence-electron chi connectivity index (χ0n) is 9.50. The van der Waals surface area contributed by atoms with E-state index in [-0.39, 0.29) is 18.2 Å². The van der Waals surface area contributed by atoms with Gasteiger partial charge in [-0.1, -0.05) is 30.3 Å². The molecule has 3 nitrogen and oxygen atoms in total. The van der Waals surface area contributed by atoms with Crippen molar-refractivity contribution in [1.82, 2.24) is 0 Å². The molecule has 0 aliphatic rings. The number of rotatable bonds is 2. The molecular weight excluding hydrogens is 238 g/mol. The van der Waals surface area contributed by atoms with Crippen LogP contribution in [0.4, 0.5) is 0 Å². The molecule has 92 valence electrons. The third-order valence-electron chi connectivity index (χ3n) is 2.81. The Morgan fingerprint density at radius 1 is 1.06 bits per heavy atom. The number of phenolic OH excluding ortho intramolecular Hbond substituents is 1. The van der Waals surface area contributed by atoms with E-state index in [4.69, 9.17) is 5.73 Å². The summed E-state index contributed by atoms with van der Waals surface area (Å²) in [6, 6.07) is 10.4. The van der Waals surface area contributed by atoms with Gasteiger partial charge in [-0.05, 0) is 23.9 Å². The Labute approximate surface area is 106 Å². The summed E-state index contributed by atoms with van der Waals surface area (Å²) in [5, 5.41) is 20.9. The molecule has 0 aliphatic carbocycles. The van der Waals surface area contributed by atoms with Crippen molar-refractivity contribution >= 4 is 23.2 Å². The maximum absolute atomic E-state index is 9.71. The van der Waals surface area contributed by atoms with Crippen LogP contribution in [0.3, 0.4) is 0 Å². The van der Waals surface area contributed by atoms with Crippen LogP contribution in [-0.4, -0.2) is 16.3 Å². The fourth-order valence-electron chi connectivity index (χ4n) is 1.86. The van der Waals surface area contributed by atoms with E-state index in [2.05, 4.69) is 0 Å². The summed E-state index contributed by atoms with van der Waals surface area (Å²) in [5.74, 6) is 0.233. The summed E-state index contributed by atoms with van der Waals surface area (Å²) in [7, 11) is 0. The Morgan fingerprint density at radius 3 is 2.24 bits per heavy atom. The fraction of sp³-hybridized carbons (Fsp3) is 0.231. The minimum Gasteiger partial charge on any atom is -0.507 e. The van der Waals surface area contributed by atoms with Crippen LogP contribution in [-0.2, 0) is 0 Å². The Hall–Kier alpha value is -1.29. The Balaban J connectivity index is 0.00000144. The Kier molecular flexibility index (Phi) is 4.34. The highest BCUT2D eigenvalue weighted by Gasteiger charge is 2.15. The second-order valence-corrected chi connectivity index (χ2v) is 3.99. The summed E-state index contributed by atoms with van der Waals surface area (Å²) < 4.78 is 0. The average Bonchev–Trinajstić information content (AvgIpc) is 2.29. The van der Waals surface area contributed by atoms with Crippen molar-refractivity contribution in [2.24, 2.45) is 5.73 Å². The summed E-state index contributed by atoms with van der Waals surface area (Å²) in [6.07, 6.45) is -0.618. The molecule has 0 spiro atoms. The molecule has 0 bridgehead atoms. The van der Waals surface area contributed by atoms with Gasteiger partial charge in [0.25, 0.3) is 0 Å². The van der Waals surface area contributed by atoms with Crippen molar-refractivity contribution in [3.8, 4) is 5.75 Å². The van der Waals surface area contributed by atoms with Crippen LogP contribution in [0, 0.1) is 0 Å². The molecule has 0 radical (unpaired) electrons. The molecule has 2 atom stereocenters. The van der Waals surface area contributed by atoms with E-state index in [1.165, 1.54) is 0 Å². The molecular formula is C13H16ClNO2. The van der Waals surface area contributed by atoms with Crippen molar-refractivity contribution in [1.29, 1.82) is 0 Å². The SMILES string of the molecule is C[C@@H](O)[C@@H](N)c1ccc(O)c2ccccc12.Cl. The van der Waals surface area contributed by atoms with Gasteiger partial charge < -0.3 is 15.9 Å². The molecule has 4 N–H and O–H groups in total. The maximum atomic E-state index is 9.71. The molecule has 0 unspecified atom stereocenters. The fourth-order valence-corrected chi connectivity index (χ4v) is 1.86. The van der Waals surface area contributed by atoms with Gasteiger partial charge in [-0.2, -0.15) is 0 Å². The average molecular weight is 254 g/mol. The molecule has 0 saturated carbocycles. The van der Waals surface area contributed by atoms with Crippen LogP contribution in [0.2, 0.25) is 0 Å². The monoisotopic (exact) mass is 253 g/mol. The standard InChI is InChI=1S/C13H15NO2.ClH/c1-8(15)13(14)11-6-7-12(16)10-5-3-2-4-9(10)11;/h2-8,13,15-16H,14H2,1H3;1H/t8-,13-;/m1./s1. The first kappa shape index (κ1) is 13.8. The van der Waals surface area contributed by atoms with Gasteiger partial charge in [0.1, 0.15) is 5.75 Å². The van der Waals surface area contributed by atoms with Crippen molar-refractivity contribution in [3.05, 3.63) is 42.0 Å². The van der Waals surface area contributed by atoms with Crippen LogP contribution < -0.4 is 5.73 Å². The number of aliphatic hydroxyl groups excluding tert-OH is 1. The molecule has 0 fully saturated rings. The van der Waals surface area contributed by atoms with Gasteiger partial charge >= 0.3 is 0 Å². The third kappa shape index (κ3) is 2.52. The summed E-state index contributed by atoms with van der Waals surface area (Å²) in [6.45, 7) is 1.66. The van der Waals surface area contributed by atoms with Gasteiger partial charge in [0.2, 0.25) is 0 Å². The van der Waals surface area contributed by atoms with Crippen molar-refractivity contribution < 1.29 is 10.2 Å². The molecule has 2 aromatic rings. The van der Waals surface area contributed by atoms with E-state index < -0.39 is 12.1 Å². The molecule has 4 heteroatoms. The smallest absolute Gasteiger partial charge is 0.123 e. The van der Waals surface area contributed by atoms with Crippen LogP contribution >= 0.6 is 12.4 Å². The van der Waals surface area contributed by atoms with E-state index in [9.17, 15) is 10.2 Å². The summed E-state index contributed by atoms with van der Waals surface area (Å²) >= 11 is 0. The number of fused-ring (bicyclic) bond motifs is 1. The zero-order valence-corrected chi connectivity index (χ0v) is 10.3. The summed E-state index contributed by atoms with van der Waals surface area (Å²) in [4.78, 5) is 0. The highest BCUT2D eigenvalue weighted by Crippen LogP contribution is 2.30. The molecule has 0 aromatic heterocycles. The van der Waals surface area contributed by atoms with Gasteiger partial charge in [-0.15, -0.1) is 12.4 Å². The topological polar surface area (TPSA) is 66.5 Å². The van der Waals surface area contributed by atoms with Gasteiger partial charge in [0, 0.05) is 5.39 Å². The second-order valence-electron chi connectivity index (χ2n) is 3.99. The normalized spacial score (nSPS) is 14.1. The molecule has 0 aliphatic heterocycles. The predicted octanol–water partition coefficient (Wildman–Crippen LogP) is 2.35. The lowest BCUT2D eigenvalue weighted by Gasteiger charge is -2.17. The first-order valence-corrected chi connectivity index (χ1v) is 5.25. The highest BCUT2D eigenvalue weighted by atomic mass is 35.5. The number of hydrogen-bond acceptors (Lipinski definition) is 3. The van der Waals surface area contributed by atoms with Crippen LogP contribution in [0.5, 0.6) is 5.75 Å². The number of phenols is 1. The van der Waals surface area contributed by atoms with E-state index in [1.54, 1.807) is 19.1 Å². The summed E-state index contributed by atoms with van der Waals surface area (Å²) in [5.41, 5.74) is 6.77. The highest BCUT2D eigenvalue weighted by molar-refractivity contribution is 5.91. The van der Waals surface area contributed by atoms with Gasteiger partial charge in [0.05, 0.1) is 12.1 Å². The Bertz CT molecular complexity index is 514. The quantitative estimate of drug-likeness (QED) is 0.770. The van der Waals surface area contributed by atoms with Gasteiger partial charge in [0.15, 0.2) is 0 Å². The Morgan fingerprint density at radius 2 is 1.65 bits per heavy atom. The molecule has 2 aromatic carbocycles. The minimum absolute atomic E-state index is 0. The number of nitrogens with two attached hydrogens (primary N) is 1. The van der Waals surface area contributed by atoms with E-state index >= 15 is 0 Å². The first-order valence-electron chi connectivity index (χ1n) is 5.25. The number of benzene rings is 2. The van der Waals surface area contributed by atoms with E-state index in [0.717, 1.165) is 16.3 Å². The second kappa shape index (κ2) is 5.36. The van der Waals surface area contributed by atoms with E-state index in [1.807, 2.05) is 24.3 Å². The van der Waals surface area contributed by atoms with Crippen molar-refractivity contribution in [3.63, 3.8) is 0 Å². The lowest BCUT2D eigenvalue weighted by molar-refractivity contribution is 0.165. The number of aromatic hydroxyl groups is 1. The van der Waals surface area contributed by atoms with Gasteiger partial charge in [-0.25, -0.2) is 0 Å². The molecule has 0 saturated heterocycles. The number of halogens is 1. The first-order chi connectivity index (χ1) is 7.61. The van der Waals surface area contributed by atoms with Gasteiger partial charge in [-0.3, -0.25) is 0 Å². The van der Waals surface area contributed by atoms with Crippen LogP contribution in [0.1, 0.15) is 18.5 Å². The number of aliphatic hydroxyl groups is 1. The number of hydrogen-bond donors (Lipinski definition) is 3. The molecule has 0 heterocycles.